The number of hydrogen-bond acceptors (Lipinski definition) is 2. The molecule has 15 heavy (non-hydrogen) atoms. The van der Waals surface area contributed by atoms with Crippen molar-refractivity contribution in [2.24, 2.45) is 0 Å². The van der Waals surface area contributed by atoms with Crippen LogP contribution in [0.4, 0.5) is 5.69 Å². The van der Waals surface area contributed by atoms with Crippen molar-refractivity contribution in [3.05, 3.63) is 29.8 Å². The van der Waals surface area contributed by atoms with E-state index in [1.165, 1.54) is 4.31 Å². The molecule has 0 aliphatic carbocycles. The Hall–Kier alpha value is -0.740. The van der Waals surface area contributed by atoms with E-state index >= 15 is 0 Å². The van der Waals surface area contributed by atoms with E-state index in [9.17, 15) is 8.42 Å². The first-order valence-electron chi connectivity index (χ1n) is 4.64. The number of nitrogens with zero attached hydrogens (tertiary/aromatic N) is 1. The molecule has 0 N–H and O–H groups in total. The SMILES string of the molecule is CCN(c1cccc(C)c1)S(=O)(=O)CCl. The molecule has 0 atom stereocenters. The lowest BCUT2D eigenvalue weighted by molar-refractivity contribution is 0.596. The molecule has 3 nitrogen and oxygen atoms in total. The third-order valence-electron chi connectivity index (χ3n) is 2.05. The Labute approximate surface area is 95.7 Å². The minimum Gasteiger partial charge on any atom is -0.270 e. The summed E-state index contributed by atoms with van der Waals surface area (Å²) in [4.78, 5) is 0. The first-order chi connectivity index (χ1) is 7.01. The van der Waals surface area contributed by atoms with Crippen LogP contribution in [-0.2, 0) is 10.0 Å². The molecule has 0 aromatic heterocycles. The Balaban J connectivity index is 3.14. The predicted octanol–water partition coefficient (Wildman–Crippen LogP) is 2.35. The third-order valence-corrected chi connectivity index (χ3v) is 4.29. The van der Waals surface area contributed by atoms with E-state index < -0.39 is 15.2 Å². The number of rotatable bonds is 4. The van der Waals surface area contributed by atoms with Gasteiger partial charge in [0.2, 0.25) is 10.0 Å². The quantitative estimate of drug-likeness (QED) is 0.766. The molecule has 0 heterocycles. The summed E-state index contributed by atoms with van der Waals surface area (Å²) in [6.07, 6.45) is 0. The molecule has 0 bridgehead atoms. The zero-order valence-corrected chi connectivity index (χ0v) is 10.3. The molecule has 1 rings (SSSR count). The number of alkyl halides is 1. The largest absolute Gasteiger partial charge is 0.270 e. The number of anilines is 1. The monoisotopic (exact) mass is 247 g/mol. The van der Waals surface area contributed by atoms with Gasteiger partial charge in [-0.25, -0.2) is 8.42 Å². The van der Waals surface area contributed by atoms with Crippen LogP contribution in [0.2, 0.25) is 0 Å². The first kappa shape index (κ1) is 12.3. The van der Waals surface area contributed by atoms with Crippen molar-refractivity contribution < 1.29 is 8.42 Å². The van der Waals surface area contributed by atoms with Crippen molar-refractivity contribution in [3.63, 3.8) is 0 Å². The molecule has 84 valence electrons. The van der Waals surface area contributed by atoms with Gasteiger partial charge in [-0.1, -0.05) is 12.1 Å². The van der Waals surface area contributed by atoms with Crippen molar-refractivity contribution in [2.45, 2.75) is 13.8 Å². The summed E-state index contributed by atoms with van der Waals surface area (Å²) in [6.45, 7) is 4.09. The third kappa shape index (κ3) is 2.86. The molecule has 0 unspecified atom stereocenters. The number of halogens is 1. The lowest BCUT2D eigenvalue weighted by Crippen LogP contribution is -2.31. The highest BCUT2D eigenvalue weighted by Gasteiger charge is 2.19. The number of benzene rings is 1. The smallest absolute Gasteiger partial charge is 0.249 e. The molecule has 0 saturated heterocycles. The molecule has 0 saturated carbocycles. The summed E-state index contributed by atoms with van der Waals surface area (Å²) in [5.74, 6) is 0. The molecule has 0 aliphatic rings. The highest BCUT2D eigenvalue weighted by molar-refractivity contribution is 7.93. The van der Waals surface area contributed by atoms with Gasteiger partial charge in [-0.15, -0.1) is 11.6 Å². The second-order valence-corrected chi connectivity index (χ2v) is 5.70. The molecule has 0 radical (unpaired) electrons. The van der Waals surface area contributed by atoms with Crippen LogP contribution in [0.5, 0.6) is 0 Å². The number of sulfonamides is 1. The molecule has 1 aromatic carbocycles. The molecule has 1 aromatic rings. The summed E-state index contributed by atoms with van der Waals surface area (Å²) in [6, 6.07) is 7.34. The summed E-state index contributed by atoms with van der Waals surface area (Å²) in [5.41, 5.74) is 1.69. The molecular formula is C10H14ClNO2S. The van der Waals surface area contributed by atoms with Crippen molar-refractivity contribution in [1.29, 1.82) is 0 Å². The fourth-order valence-electron chi connectivity index (χ4n) is 1.38. The van der Waals surface area contributed by atoms with E-state index in [4.69, 9.17) is 11.6 Å². The molecule has 5 heteroatoms. The minimum atomic E-state index is -3.38. The minimum absolute atomic E-state index is 0.387. The van der Waals surface area contributed by atoms with Gasteiger partial charge in [-0.3, -0.25) is 4.31 Å². The Morgan fingerprint density at radius 1 is 1.40 bits per heavy atom. The normalized spacial score (nSPS) is 11.4. The van der Waals surface area contributed by atoms with Crippen molar-refractivity contribution in [2.75, 3.05) is 16.1 Å². The van der Waals surface area contributed by atoms with Crippen LogP contribution in [0.25, 0.3) is 0 Å². The predicted molar refractivity (Wildman–Crippen MR) is 63.8 cm³/mol. The molecule has 0 amide bonds. The van der Waals surface area contributed by atoms with Crippen LogP contribution >= 0.6 is 11.6 Å². The van der Waals surface area contributed by atoms with Crippen LogP contribution in [0.3, 0.4) is 0 Å². The number of aryl methyl sites for hydroxylation is 1. The van der Waals surface area contributed by atoms with Gasteiger partial charge in [0.25, 0.3) is 0 Å². The van der Waals surface area contributed by atoms with Crippen LogP contribution in [0, 0.1) is 6.92 Å². The summed E-state index contributed by atoms with van der Waals surface area (Å²) in [5, 5.41) is -0.394. The van der Waals surface area contributed by atoms with Gasteiger partial charge in [0.05, 0.1) is 5.69 Å². The molecule has 0 fully saturated rings. The van der Waals surface area contributed by atoms with E-state index in [0.717, 1.165) is 5.56 Å². The zero-order chi connectivity index (χ0) is 11.5. The second kappa shape index (κ2) is 4.86. The topological polar surface area (TPSA) is 37.4 Å². The maximum atomic E-state index is 11.6. The van der Waals surface area contributed by atoms with E-state index in [0.29, 0.717) is 12.2 Å². The number of hydrogen-bond donors (Lipinski definition) is 0. The summed E-state index contributed by atoms with van der Waals surface area (Å²) < 4.78 is 24.6. The van der Waals surface area contributed by atoms with E-state index in [2.05, 4.69) is 0 Å². The van der Waals surface area contributed by atoms with Gasteiger partial charge in [0.15, 0.2) is 0 Å². The van der Waals surface area contributed by atoms with Gasteiger partial charge in [0.1, 0.15) is 5.21 Å². The second-order valence-electron chi connectivity index (χ2n) is 3.22. The fourth-order valence-corrected chi connectivity index (χ4v) is 2.68. The van der Waals surface area contributed by atoms with Gasteiger partial charge in [-0.05, 0) is 31.5 Å². The Morgan fingerprint density at radius 3 is 2.53 bits per heavy atom. The maximum absolute atomic E-state index is 11.6. The standard InChI is InChI=1S/C10H14ClNO2S/c1-3-12(15(13,14)8-11)10-6-4-5-9(2)7-10/h4-7H,3,8H2,1-2H3. The van der Waals surface area contributed by atoms with Crippen LogP contribution in [0.15, 0.2) is 24.3 Å². The van der Waals surface area contributed by atoms with Gasteiger partial charge in [-0.2, -0.15) is 0 Å². The fraction of sp³-hybridized carbons (Fsp3) is 0.400. The lowest BCUT2D eigenvalue weighted by atomic mass is 10.2. The molecular weight excluding hydrogens is 234 g/mol. The van der Waals surface area contributed by atoms with Crippen LogP contribution in [0.1, 0.15) is 12.5 Å². The first-order valence-corrected chi connectivity index (χ1v) is 6.78. The Kier molecular flexibility index (Phi) is 3.99. The average Bonchev–Trinajstić information content (AvgIpc) is 2.18. The highest BCUT2D eigenvalue weighted by Crippen LogP contribution is 2.19. The van der Waals surface area contributed by atoms with E-state index in [-0.39, 0.29) is 0 Å². The van der Waals surface area contributed by atoms with Crippen molar-refractivity contribution in [1.82, 2.24) is 0 Å². The van der Waals surface area contributed by atoms with Crippen molar-refractivity contribution >= 4 is 27.3 Å². The van der Waals surface area contributed by atoms with Crippen LogP contribution in [-0.4, -0.2) is 20.2 Å². The van der Waals surface area contributed by atoms with Gasteiger partial charge >= 0.3 is 0 Å². The lowest BCUT2D eigenvalue weighted by Gasteiger charge is -2.21. The van der Waals surface area contributed by atoms with Crippen molar-refractivity contribution in [3.8, 4) is 0 Å². The maximum Gasteiger partial charge on any atom is 0.249 e. The molecule has 0 aliphatic heterocycles. The average molecular weight is 248 g/mol. The van der Waals surface area contributed by atoms with E-state index in [1.807, 2.05) is 25.1 Å². The summed E-state index contributed by atoms with van der Waals surface area (Å²) in [7, 11) is -3.38. The van der Waals surface area contributed by atoms with Gasteiger partial charge in [0, 0.05) is 6.54 Å². The molecule has 0 spiro atoms. The van der Waals surface area contributed by atoms with Crippen LogP contribution < -0.4 is 4.31 Å². The summed E-state index contributed by atoms with van der Waals surface area (Å²) >= 11 is 5.43. The highest BCUT2D eigenvalue weighted by atomic mass is 35.5. The van der Waals surface area contributed by atoms with E-state index in [1.54, 1.807) is 13.0 Å². The Morgan fingerprint density at radius 2 is 2.07 bits per heavy atom. The zero-order valence-electron chi connectivity index (χ0n) is 8.77. The Bertz CT molecular complexity index is 431. The van der Waals surface area contributed by atoms with Gasteiger partial charge < -0.3 is 0 Å².